The summed E-state index contributed by atoms with van der Waals surface area (Å²) in [7, 11) is 0. The fourth-order valence-corrected chi connectivity index (χ4v) is 2.31. The van der Waals surface area contributed by atoms with Crippen molar-refractivity contribution in [1.82, 2.24) is 9.97 Å². The zero-order valence-electron chi connectivity index (χ0n) is 11.9. The van der Waals surface area contributed by atoms with Gasteiger partial charge in [-0.25, -0.2) is 9.97 Å². The summed E-state index contributed by atoms with van der Waals surface area (Å²) in [5.74, 6) is 1.04. The van der Waals surface area contributed by atoms with E-state index >= 15 is 0 Å². The van der Waals surface area contributed by atoms with Gasteiger partial charge in [0.2, 0.25) is 0 Å². The van der Waals surface area contributed by atoms with Crippen LogP contribution < -0.4 is 5.43 Å². The zero-order valence-corrected chi connectivity index (χ0v) is 13.5. The summed E-state index contributed by atoms with van der Waals surface area (Å²) in [5.41, 5.74) is 4.54. The molecule has 0 atom stereocenters. The van der Waals surface area contributed by atoms with Crippen molar-refractivity contribution in [2.45, 2.75) is 0 Å². The van der Waals surface area contributed by atoms with Crippen molar-refractivity contribution in [2.75, 3.05) is 5.43 Å². The van der Waals surface area contributed by atoms with E-state index in [0.717, 1.165) is 11.1 Å². The van der Waals surface area contributed by atoms with Gasteiger partial charge in [0.1, 0.15) is 5.15 Å². The Kier molecular flexibility index (Phi) is 4.86. The second kappa shape index (κ2) is 7.22. The van der Waals surface area contributed by atoms with Gasteiger partial charge in [-0.3, -0.25) is 5.43 Å². The molecule has 0 unspecified atom stereocenters. The standard InChI is InChI=1S/C17H12Cl2N4/c18-14-9-5-4-8-13(14)11-20-23-16-10-15(19)21-17(22-16)12-6-2-1-3-7-12/h1-11H,(H,21,22,23). The lowest BCUT2D eigenvalue weighted by Crippen LogP contribution is -1.97. The fourth-order valence-electron chi connectivity index (χ4n) is 1.94. The second-order valence-electron chi connectivity index (χ2n) is 4.66. The average Bonchev–Trinajstić information content (AvgIpc) is 2.57. The number of halogens is 2. The van der Waals surface area contributed by atoms with Crippen LogP contribution in [0.15, 0.2) is 65.8 Å². The number of nitrogens with one attached hydrogen (secondary N) is 1. The molecule has 2 aromatic carbocycles. The van der Waals surface area contributed by atoms with Crippen molar-refractivity contribution < 1.29 is 0 Å². The van der Waals surface area contributed by atoms with Gasteiger partial charge < -0.3 is 0 Å². The molecule has 0 aliphatic carbocycles. The van der Waals surface area contributed by atoms with E-state index in [0.29, 0.717) is 21.8 Å². The van der Waals surface area contributed by atoms with E-state index in [1.165, 1.54) is 0 Å². The van der Waals surface area contributed by atoms with E-state index in [1.54, 1.807) is 18.3 Å². The lowest BCUT2D eigenvalue weighted by molar-refractivity contribution is 1.15. The minimum Gasteiger partial charge on any atom is -0.261 e. The fraction of sp³-hybridized carbons (Fsp3) is 0. The molecule has 1 aromatic heterocycles. The molecule has 0 bridgehead atoms. The van der Waals surface area contributed by atoms with Crippen LogP contribution >= 0.6 is 23.2 Å². The smallest absolute Gasteiger partial charge is 0.163 e. The quantitative estimate of drug-likeness (QED) is 0.417. The molecule has 0 aliphatic rings. The van der Waals surface area contributed by atoms with E-state index < -0.39 is 0 Å². The number of anilines is 1. The normalized spacial score (nSPS) is 10.9. The van der Waals surface area contributed by atoms with Gasteiger partial charge in [-0.1, -0.05) is 71.7 Å². The van der Waals surface area contributed by atoms with Crippen molar-refractivity contribution >= 4 is 35.2 Å². The van der Waals surface area contributed by atoms with Crippen LogP contribution in [-0.4, -0.2) is 16.2 Å². The Balaban J connectivity index is 1.81. The molecular weight excluding hydrogens is 331 g/mol. The molecule has 3 aromatic rings. The van der Waals surface area contributed by atoms with Crippen molar-refractivity contribution in [1.29, 1.82) is 0 Å². The molecular formula is C17H12Cl2N4. The first kappa shape index (κ1) is 15.5. The monoisotopic (exact) mass is 342 g/mol. The molecule has 114 valence electrons. The van der Waals surface area contributed by atoms with Gasteiger partial charge >= 0.3 is 0 Å². The number of hydrogen-bond donors (Lipinski definition) is 1. The molecule has 0 spiro atoms. The Morgan fingerprint density at radius 1 is 0.913 bits per heavy atom. The molecule has 0 aliphatic heterocycles. The van der Waals surface area contributed by atoms with Gasteiger partial charge in [0, 0.05) is 22.2 Å². The highest BCUT2D eigenvalue weighted by atomic mass is 35.5. The maximum Gasteiger partial charge on any atom is 0.163 e. The van der Waals surface area contributed by atoms with Crippen LogP contribution in [0.5, 0.6) is 0 Å². The van der Waals surface area contributed by atoms with Crippen LogP contribution in [0.1, 0.15) is 5.56 Å². The van der Waals surface area contributed by atoms with Crippen LogP contribution in [0.2, 0.25) is 10.2 Å². The molecule has 1 N–H and O–H groups in total. The first-order valence-electron chi connectivity index (χ1n) is 6.86. The van der Waals surface area contributed by atoms with Crippen LogP contribution in [0.25, 0.3) is 11.4 Å². The topological polar surface area (TPSA) is 50.2 Å². The highest BCUT2D eigenvalue weighted by Crippen LogP contribution is 2.20. The Labute approximate surface area is 143 Å². The van der Waals surface area contributed by atoms with Gasteiger partial charge in [-0.05, 0) is 6.07 Å². The van der Waals surface area contributed by atoms with Crippen LogP contribution in [-0.2, 0) is 0 Å². The highest BCUT2D eigenvalue weighted by molar-refractivity contribution is 6.33. The van der Waals surface area contributed by atoms with E-state index in [9.17, 15) is 0 Å². The predicted octanol–water partition coefficient (Wildman–Crippen LogP) is 4.90. The maximum atomic E-state index is 6.07. The zero-order chi connectivity index (χ0) is 16.1. The lowest BCUT2D eigenvalue weighted by atomic mass is 10.2. The molecule has 0 radical (unpaired) electrons. The molecule has 0 saturated heterocycles. The van der Waals surface area contributed by atoms with Crippen molar-refractivity contribution in [2.24, 2.45) is 5.10 Å². The summed E-state index contributed by atoms with van der Waals surface area (Å²) in [6.45, 7) is 0. The van der Waals surface area contributed by atoms with E-state index in [4.69, 9.17) is 23.2 Å². The molecule has 0 fully saturated rings. The number of benzene rings is 2. The third-order valence-electron chi connectivity index (χ3n) is 3.01. The minimum absolute atomic E-state index is 0.342. The Hall–Kier alpha value is -2.43. The highest BCUT2D eigenvalue weighted by Gasteiger charge is 2.05. The summed E-state index contributed by atoms with van der Waals surface area (Å²) in [6.07, 6.45) is 1.63. The third kappa shape index (κ3) is 4.06. The van der Waals surface area contributed by atoms with Gasteiger partial charge in [-0.2, -0.15) is 5.10 Å². The molecule has 4 nitrogen and oxygen atoms in total. The SMILES string of the molecule is Clc1cc(NN=Cc2ccccc2Cl)nc(-c2ccccc2)n1. The summed E-state index contributed by atoms with van der Waals surface area (Å²) in [5, 5.41) is 5.11. The number of hydrogen-bond acceptors (Lipinski definition) is 4. The molecule has 23 heavy (non-hydrogen) atoms. The molecule has 1 heterocycles. The van der Waals surface area contributed by atoms with Crippen molar-refractivity contribution in [3.8, 4) is 11.4 Å². The molecule has 6 heteroatoms. The minimum atomic E-state index is 0.342. The molecule has 0 saturated carbocycles. The van der Waals surface area contributed by atoms with Crippen molar-refractivity contribution in [3.05, 3.63) is 76.4 Å². The van der Waals surface area contributed by atoms with Crippen LogP contribution in [0.4, 0.5) is 5.82 Å². The van der Waals surface area contributed by atoms with Gasteiger partial charge in [0.25, 0.3) is 0 Å². The Bertz CT molecular complexity index is 835. The summed E-state index contributed by atoms with van der Waals surface area (Å²) in [6, 6.07) is 18.6. The number of hydrazone groups is 1. The molecule has 0 amide bonds. The first-order chi connectivity index (χ1) is 11.2. The second-order valence-corrected chi connectivity index (χ2v) is 5.45. The maximum absolute atomic E-state index is 6.07. The Morgan fingerprint density at radius 2 is 1.65 bits per heavy atom. The first-order valence-corrected chi connectivity index (χ1v) is 7.61. The number of rotatable bonds is 4. The van der Waals surface area contributed by atoms with Crippen molar-refractivity contribution in [3.63, 3.8) is 0 Å². The summed E-state index contributed by atoms with van der Waals surface area (Å²) < 4.78 is 0. The average molecular weight is 343 g/mol. The molecule has 3 rings (SSSR count). The van der Waals surface area contributed by atoms with Gasteiger partial charge in [-0.15, -0.1) is 0 Å². The van der Waals surface area contributed by atoms with Gasteiger partial charge in [0.05, 0.1) is 6.21 Å². The van der Waals surface area contributed by atoms with E-state index in [1.807, 2.05) is 48.5 Å². The lowest BCUT2D eigenvalue weighted by Gasteiger charge is -2.04. The largest absolute Gasteiger partial charge is 0.261 e. The summed E-state index contributed by atoms with van der Waals surface area (Å²) >= 11 is 12.1. The Morgan fingerprint density at radius 3 is 2.43 bits per heavy atom. The number of nitrogens with zero attached hydrogens (tertiary/aromatic N) is 3. The predicted molar refractivity (Wildman–Crippen MR) is 95.1 cm³/mol. The number of aromatic nitrogens is 2. The summed E-state index contributed by atoms with van der Waals surface area (Å²) in [4.78, 5) is 8.63. The van der Waals surface area contributed by atoms with E-state index in [2.05, 4.69) is 20.5 Å². The van der Waals surface area contributed by atoms with Gasteiger partial charge in [0.15, 0.2) is 11.6 Å². The third-order valence-corrected chi connectivity index (χ3v) is 3.55. The van der Waals surface area contributed by atoms with Crippen LogP contribution in [0, 0.1) is 0 Å². The van der Waals surface area contributed by atoms with E-state index in [-0.39, 0.29) is 0 Å². The van der Waals surface area contributed by atoms with Crippen LogP contribution in [0.3, 0.4) is 0 Å².